The van der Waals surface area contributed by atoms with Crippen molar-refractivity contribution >= 4 is 17.3 Å². The van der Waals surface area contributed by atoms with Crippen LogP contribution >= 0.6 is 0 Å². The van der Waals surface area contributed by atoms with Crippen LogP contribution in [0.5, 0.6) is 17.2 Å². The van der Waals surface area contributed by atoms with Crippen LogP contribution in [-0.4, -0.2) is 111 Å². The van der Waals surface area contributed by atoms with Gasteiger partial charge in [-0.1, -0.05) is 26.0 Å². The van der Waals surface area contributed by atoms with Gasteiger partial charge in [0, 0.05) is 65.9 Å². The Kier molecular flexibility index (Phi) is 6.22. The fourth-order valence-corrected chi connectivity index (χ4v) is 15.5. The Balaban J connectivity index is 1.07. The predicted octanol–water partition coefficient (Wildman–Crippen LogP) is 5.00. The summed E-state index contributed by atoms with van der Waals surface area (Å²) in [6.07, 6.45) is 7.76. The normalized spacial score (nSPS) is 43.9. The number of nitrogens with one attached hydrogen (secondary N) is 1. The molecule has 286 valence electrons. The van der Waals surface area contributed by atoms with Crippen LogP contribution in [0.15, 0.2) is 35.5 Å². The Morgan fingerprint density at radius 3 is 2.57 bits per heavy atom. The number of hydrogen-bond acceptors (Lipinski definition) is 11. The van der Waals surface area contributed by atoms with Crippen molar-refractivity contribution in [3.8, 4) is 17.2 Å². The first-order chi connectivity index (χ1) is 26.2. The molecule has 12 rings (SSSR count). The third kappa shape index (κ3) is 3.32. The molecule has 11 heteroatoms. The van der Waals surface area contributed by atoms with E-state index in [1.165, 1.54) is 37.6 Å². The topological polar surface area (TPSA) is 112 Å². The maximum absolute atomic E-state index is 13.9. The fourth-order valence-electron chi connectivity index (χ4n) is 15.5. The van der Waals surface area contributed by atoms with Crippen LogP contribution in [0, 0.1) is 10.8 Å². The van der Waals surface area contributed by atoms with Crippen LogP contribution in [0.1, 0.15) is 81.5 Å². The van der Waals surface area contributed by atoms with E-state index in [9.17, 15) is 9.90 Å². The van der Waals surface area contributed by atoms with E-state index < -0.39 is 5.41 Å². The summed E-state index contributed by atoms with van der Waals surface area (Å²) in [5.41, 5.74) is 6.96. The molecule has 2 aliphatic carbocycles. The van der Waals surface area contributed by atoms with Gasteiger partial charge in [-0.15, -0.1) is 0 Å². The van der Waals surface area contributed by atoms with E-state index >= 15 is 0 Å². The molecule has 12 unspecified atom stereocenters. The van der Waals surface area contributed by atoms with E-state index in [2.05, 4.69) is 59.1 Å². The van der Waals surface area contributed by atoms with Crippen molar-refractivity contribution in [2.24, 2.45) is 10.8 Å². The minimum atomic E-state index is -0.608. The molecular formula is C43H52N4O7. The number of nitrogens with zero attached hydrogens (tertiary/aromatic N) is 3. The number of likely N-dealkylation sites (N-methyl/N-ethyl adjacent to an activating group) is 1. The number of ether oxygens (including phenoxy) is 5. The quantitative estimate of drug-likeness (QED) is 0.238. The van der Waals surface area contributed by atoms with Crippen LogP contribution < -0.4 is 19.7 Å². The van der Waals surface area contributed by atoms with Gasteiger partial charge in [0.15, 0.2) is 11.5 Å². The first-order valence-electron chi connectivity index (χ1n) is 20.4. The molecule has 7 fully saturated rings. The van der Waals surface area contributed by atoms with Gasteiger partial charge in [0.1, 0.15) is 6.10 Å². The monoisotopic (exact) mass is 736 g/mol. The third-order valence-electron chi connectivity index (χ3n) is 17.2. The van der Waals surface area contributed by atoms with Gasteiger partial charge >= 0.3 is 5.97 Å². The molecule has 2 aromatic rings. The molecule has 2 N–H and O–H groups in total. The van der Waals surface area contributed by atoms with Crippen molar-refractivity contribution in [3.05, 3.63) is 52.2 Å². The van der Waals surface area contributed by atoms with Gasteiger partial charge < -0.3 is 39.0 Å². The maximum atomic E-state index is 13.9. The molecule has 8 heterocycles. The van der Waals surface area contributed by atoms with E-state index in [1.54, 1.807) is 19.8 Å². The number of carbonyl (C=O) groups is 1. The Morgan fingerprint density at radius 1 is 1.00 bits per heavy atom. The number of rotatable bonds is 6. The number of methoxy groups -OCH3 is 3. The first-order valence-corrected chi connectivity index (χ1v) is 20.4. The number of phenolic OH excluding ortho intramolecular Hbond substituents is 1. The largest absolute Gasteiger partial charge is 0.504 e. The number of esters is 1. The number of fused-ring (bicyclic) bond motifs is 6. The molecule has 0 radical (unpaired) electrons. The highest BCUT2D eigenvalue weighted by Crippen LogP contribution is 2.74. The molecule has 2 aromatic carbocycles. The summed E-state index contributed by atoms with van der Waals surface area (Å²) in [7, 11) is 6.98. The van der Waals surface area contributed by atoms with Crippen molar-refractivity contribution < 1.29 is 33.6 Å². The lowest BCUT2D eigenvalue weighted by molar-refractivity contribution is -0.137. The average molecular weight is 737 g/mol. The molecule has 54 heavy (non-hydrogen) atoms. The van der Waals surface area contributed by atoms with Gasteiger partial charge in [-0.05, 0) is 80.3 Å². The van der Waals surface area contributed by atoms with Gasteiger partial charge in [0.25, 0.3) is 0 Å². The molecule has 0 amide bonds. The summed E-state index contributed by atoms with van der Waals surface area (Å²) in [6, 6.07) is 10.00. The molecule has 11 nitrogen and oxygen atoms in total. The zero-order valence-corrected chi connectivity index (χ0v) is 32.2. The number of piperidine rings is 2. The smallest absolute Gasteiger partial charge is 0.335 e. The SMILES string of the molecule is CCC12CC(C(=O)OC)=C3Nc4c(cc(O)c(OC)c4OC)C34CCN(C(c3cccc5c3C36CCN7CC8OC8C(CC)(CCC3N5C)C76)C3OC31)C42. The Hall–Kier alpha value is -3.51. The standard InChI is InChI=1S/C43H52N4O7/c1-7-40-13-12-27-43(14-16-46(38(40)43)20-26-35(40)53-26)28-21(10-9-11-24(28)45(27)3)30-33-36(54-33)41(8-2)19-22(37(49)52-6)34-42(15-17-47(30)39(41)42)23-18-25(48)31(50-4)32(51-5)29(23)44-34/h9-11,18,26-27,30,33,35-36,38-39,44,48H,7-8,12-17,19-20H2,1-6H3. The first kappa shape index (κ1) is 32.7. The van der Waals surface area contributed by atoms with Crippen LogP contribution in [0.4, 0.5) is 11.4 Å². The molecule has 2 spiro atoms. The Bertz CT molecular complexity index is 2090. The summed E-state index contributed by atoms with van der Waals surface area (Å²) >= 11 is 0. The van der Waals surface area contributed by atoms with Crippen molar-refractivity contribution in [1.82, 2.24) is 9.80 Å². The summed E-state index contributed by atoms with van der Waals surface area (Å²) in [4.78, 5) is 22.2. The molecule has 1 saturated carbocycles. The number of phenols is 1. The highest BCUT2D eigenvalue weighted by molar-refractivity contribution is 5.94. The molecular weight excluding hydrogens is 684 g/mol. The van der Waals surface area contributed by atoms with Crippen molar-refractivity contribution in [1.29, 1.82) is 0 Å². The Labute approximate surface area is 316 Å². The molecule has 8 aliphatic heterocycles. The lowest BCUT2D eigenvalue weighted by Gasteiger charge is -2.58. The van der Waals surface area contributed by atoms with E-state index in [-0.39, 0.29) is 58.0 Å². The zero-order valence-electron chi connectivity index (χ0n) is 32.2. The van der Waals surface area contributed by atoms with Crippen molar-refractivity contribution in [3.63, 3.8) is 0 Å². The van der Waals surface area contributed by atoms with Crippen LogP contribution in [0.25, 0.3) is 0 Å². The fraction of sp³-hybridized carbons (Fsp3) is 0.651. The van der Waals surface area contributed by atoms with Crippen LogP contribution in [0.2, 0.25) is 0 Å². The number of carbonyl (C=O) groups excluding carboxylic acids is 1. The van der Waals surface area contributed by atoms with Crippen molar-refractivity contribution in [2.45, 2.75) is 118 Å². The number of aromatic hydroxyl groups is 1. The summed E-state index contributed by atoms with van der Waals surface area (Å²) in [5.74, 6) is 0.463. The summed E-state index contributed by atoms with van der Waals surface area (Å²) < 4.78 is 30.8. The maximum Gasteiger partial charge on any atom is 0.335 e. The number of epoxide rings is 2. The summed E-state index contributed by atoms with van der Waals surface area (Å²) in [5, 5.41) is 15.2. The molecule has 0 aromatic heterocycles. The number of anilines is 2. The number of hydrogen-bond donors (Lipinski definition) is 2. The van der Waals surface area contributed by atoms with Crippen LogP contribution in [0.3, 0.4) is 0 Å². The van der Waals surface area contributed by atoms with E-state index in [0.717, 1.165) is 55.8 Å². The lowest BCUT2D eigenvalue weighted by atomic mass is 9.51. The van der Waals surface area contributed by atoms with E-state index in [1.807, 2.05) is 6.07 Å². The van der Waals surface area contributed by atoms with Crippen molar-refractivity contribution in [2.75, 3.05) is 58.2 Å². The second-order valence-electron chi connectivity index (χ2n) is 18.2. The van der Waals surface area contributed by atoms with Gasteiger partial charge in [-0.25, -0.2) is 4.79 Å². The minimum absolute atomic E-state index is 0.0116. The number of benzene rings is 2. The van der Waals surface area contributed by atoms with Gasteiger partial charge in [-0.3, -0.25) is 9.80 Å². The van der Waals surface area contributed by atoms with Gasteiger partial charge in [0.05, 0.1) is 62.4 Å². The van der Waals surface area contributed by atoms with Gasteiger partial charge in [0.2, 0.25) is 5.75 Å². The predicted molar refractivity (Wildman–Crippen MR) is 200 cm³/mol. The van der Waals surface area contributed by atoms with E-state index in [4.69, 9.17) is 23.7 Å². The molecule has 10 aliphatic rings. The van der Waals surface area contributed by atoms with Gasteiger partial charge in [-0.2, -0.15) is 0 Å². The minimum Gasteiger partial charge on any atom is -0.504 e. The highest BCUT2D eigenvalue weighted by Gasteiger charge is 2.79. The highest BCUT2D eigenvalue weighted by atomic mass is 16.6. The third-order valence-corrected chi connectivity index (χ3v) is 17.2. The zero-order chi connectivity index (χ0) is 36.8. The second-order valence-corrected chi connectivity index (χ2v) is 18.2. The molecule has 0 bridgehead atoms. The summed E-state index contributed by atoms with van der Waals surface area (Å²) in [6.45, 7) is 7.71. The molecule has 12 atom stereocenters. The molecule has 6 saturated heterocycles. The van der Waals surface area contributed by atoms with Crippen LogP contribution in [-0.2, 0) is 29.8 Å². The second kappa shape index (κ2) is 10.3. The van der Waals surface area contributed by atoms with E-state index in [0.29, 0.717) is 42.0 Å². The Morgan fingerprint density at radius 2 is 1.81 bits per heavy atom. The lowest BCUT2D eigenvalue weighted by Crippen LogP contribution is -2.67. The average Bonchev–Trinajstić information content (AvgIpc) is 4.03.